The summed E-state index contributed by atoms with van der Waals surface area (Å²) in [6, 6.07) is 16.5. The van der Waals surface area contributed by atoms with Gasteiger partial charge in [-0.1, -0.05) is 62.4 Å². The molecule has 0 radical (unpaired) electrons. The van der Waals surface area contributed by atoms with E-state index in [-0.39, 0.29) is 11.7 Å². The Morgan fingerprint density at radius 3 is 2.45 bits per heavy atom. The first-order chi connectivity index (χ1) is 9.66. The van der Waals surface area contributed by atoms with E-state index in [1.807, 2.05) is 18.2 Å². The Morgan fingerprint density at radius 1 is 1.05 bits per heavy atom. The minimum Gasteiger partial charge on any atom is -0.293 e. The van der Waals surface area contributed by atoms with Crippen molar-refractivity contribution in [3.63, 3.8) is 0 Å². The molecular formula is C19H20O. The maximum atomic E-state index is 12.7. The lowest BCUT2D eigenvalue weighted by Crippen LogP contribution is -2.10. The Kier molecular flexibility index (Phi) is 3.43. The Hall–Kier alpha value is -1.89. The number of benzene rings is 2. The summed E-state index contributed by atoms with van der Waals surface area (Å²) in [6.07, 6.45) is 1.97. The van der Waals surface area contributed by atoms with Crippen molar-refractivity contribution in [2.24, 2.45) is 0 Å². The summed E-state index contributed by atoms with van der Waals surface area (Å²) in [5, 5.41) is 0. The quantitative estimate of drug-likeness (QED) is 0.733. The molecular weight excluding hydrogens is 244 g/mol. The van der Waals surface area contributed by atoms with Crippen LogP contribution >= 0.6 is 0 Å². The van der Waals surface area contributed by atoms with Gasteiger partial charge in [0.1, 0.15) is 0 Å². The van der Waals surface area contributed by atoms with Crippen LogP contribution < -0.4 is 0 Å². The Bertz CT molecular complexity index is 622. The minimum atomic E-state index is 0.0519. The average Bonchev–Trinajstić information content (AvgIpc) is 2.90. The van der Waals surface area contributed by atoms with Crippen molar-refractivity contribution in [1.82, 2.24) is 0 Å². The first kappa shape index (κ1) is 13.1. The molecule has 0 aromatic heterocycles. The van der Waals surface area contributed by atoms with Crippen molar-refractivity contribution in [3.8, 4) is 0 Å². The van der Waals surface area contributed by atoms with Crippen molar-refractivity contribution in [2.75, 3.05) is 0 Å². The average molecular weight is 264 g/mol. The molecule has 0 saturated carbocycles. The van der Waals surface area contributed by atoms with Gasteiger partial charge in [0.15, 0.2) is 5.78 Å². The summed E-state index contributed by atoms with van der Waals surface area (Å²) in [7, 11) is 0. The van der Waals surface area contributed by atoms with Gasteiger partial charge in [0, 0.05) is 11.5 Å². The molecule has 0 aliphatic heterocycles. The van der Waals surface area contributed by atoms with Gasteiger partial charge in [0.25, 0.3) is 0 Å². The van der Waals surface area contributed by atoms with Crippen LogP contribution in [0.3, 0.4) is 0 Å². The summed E-state index contributed by atoms with van der Waals surface area (Å²) in [6.45, 7) is 4.34. The summed E-state index contributed by atoms with van der Waals surface area (Å²) in [5.41, 5.74) is 4.69. The van der Waals surface area contributed by atoms with E-state index in [2.05, 4.69) is 44.2 Å². The maximum Gasteiger partial charge on any atom is 0.170 e. The Morgan fingerprint density at radius 2 is 1.75 bits per heavy atom. The molecule has 1 aliphatic carbocycles. The highest BCUT2D eigenvalue weighted by Gasteiger charge is 2.28. The molecule has 1 heteroatoms. The van der Waals surface area contributed by atoms with Crippen LogP contribution in [0.5, 0.6) is 0 Å². The van der Waals surface area contributed by atoms with Crippen LogP contribution in [0.25, 0.3) is 0 Å². The molecule has 0 bridgehead atoms. The van der Waals surface area contributed by atoms with E-state index < -0.39 is 0 Å². The smallest absolute Gasteiger partial charge is 0.170 e. The number of fused-ring (bicyclic) bond motifs is 1. The Labute approximate surface area is 120 Å². The highest BCUT2D eigenvalue weighted by molar-refractivity contribution is 6.01. The zero-order valence-electron chi connectivity index (χ0n) is 12.1. The second-order valence-electron chi connectivity index (χ2n) is 5.93. The van der Waals surface area contributed by atoms with Crippen LogP contribution in [0.15, 0.2) is 48.5 Å². The van der Waals surface area contributed by atoms with Gasteiger partial charge in [-0.15, -0.1) is 0 Å². The highest BCUT2D eigenvalue weighted by atomic mass is 16.1. The number of hydrogen-bond donors (Lipinski definition) is 0. The number of aryl methyl sites for hydroxylation is 1. The first-order valence-corrected chi connectivity index (χ1v) is 7.39. The van der Waals surface area contributed by atoms with Crippen molar-refractivity contribution in [2.45, 2.75) is 38.5 Å². The predicted octanol–water partition coefficient (Wildman–Crippen LogP) is 4.72. The van der Waals surface area contributed by atoms with E-state index in [4.69, 9.17) is 0 Å². The molecule has 20 heavy (non-hydrogen) atoms. The zero-order chi connectivity index (χ0) is 14.1. The lowest BCUT2D eigenvalue weighted by atomic mass is 9.91. The molecule has 1 nitrogen and oxygen atoms in total. The summed E-state index contributed by atoms with van der Waals surface area (Å²) in [4.78, 5) is 12.7. The van der Waals surface area contributed by atoms with E-state index in [1.54, 1.807) is 0 Å². The van der Waals surface area contributed by atoms with E-state index in [0.717, 1.165) is 18.4 Å². The third-order valence-corrected chi connectivity index (χ3v) is 4.31. The zero-order valence-corrected chi connectivity index (χ0v) is 12.1. The van der Waals surface area contributed by atoms with Crippen LogP contribution in [0, 0.1) is 0 Å². The van der Waals surface area contributed by atoms with Gasteiger partial charge in [-0.2, -0.15) is 0 Å². The van der Waals surface area contributed by atoms with Gasteiger partial charge in [0.2, 0.25) is 0 Å². The molecule has 1 aliphatic rings. The van der Waals surface area contributed by atoms with Crippen molar-refractivity contribution >= 4 is 5.78 Å². The number of Topliss-reactive ketones (excluding diaryl/α,β-unsaturated/α-hetero) is 1. The van der Waals surface area contributed by atoms with Gasteiger partial charge in [-0.3, -0.25) is 4.79 Å². The fourth-order valence-corrected chi connectivity index (χ4v) is 3.06. The van der Waals surface area contributed by atoms with Crippen LogP contribution in [0.2, 0.25) is 0 Å². The fraction of sp³-hybridized carbons (Fsp3) is 0.316. The number of carbonyl (C=O) groups excluding carboxylic acids is 1. The predicted molar refractivity (Wildman–Crippen MR) is 82.4 cm³/mol. The lowest BCUT2D eigenvalue weighted by Gasteiger charge is -2.12. The van der Waals surface area contributed by atoms with Gasteiger partial charge in [-0.05, 0) is 35.4 Å². The number of rotatable bonds is 3. The SMILES string of the molecule is CC(C)c1ccc(C(=O)C2CCc3ccccc32)cc1. The van der Waals surface area contributed by atoms with E-state index in [9.17, 15) is 4.79 Å². The molecule has 0 saturated heterocycles. The molecule has 102 valence electrons. The Balaban J connectivity index is 1.87. The van der Waals surface area contributed by atoms with Gasteiger partial charge >= 0.3 is 0 Å². The third-order valence-electron chi connectivity index (χ3n) is 4.31. The second kappa shape index (κ2) is 5.24. The van der Waals surface area contributed by atoms with Crippen LogP contribution in [0.4, 0.5) is 0 Å². The van der Waals surface area contributed by atoms with E-state index in [1.165, 1.54) is 16.7 Å². The van der Waals surface area contributed by atoms with Crippen molar-refractivity contribution in [3.05, 3.63) is 70.8 Å². The third kappa shape index (κ3) is 2.29. The number of carbonyl (C=O) groups is 1. The van der Waals surface area contributed by atoms with Crippen LogP contribution in [-0.2, 0) is 6.42 Å². The lowest BCUT2D eigenvalue weighted by molar-refractivity contribution is 0.0959. The molecule has 0 fully saturated rings. The van der Waals surface area contributed by atoms with Crippen LogP contribution in [-0.4, -0.2) is 5.78 Å². The van der Waals surface area contributed by atoms with Gasteiger partial charge in [-0.25, -0.2) is 0 Å². The molecule has 3 rings (SSSR count). The molecule has 1 unspecified atom stereocenters. The van der Waals surface area contributed by atoms with Gasteiger partial charge < -0.3 is 0 Å². The molecule has 0 N–H and O–H groups in total. The van der Waals surface area contributed by atoms with E-state index in [0.29, 0.717) is 5.92 Å². The normalized spacial score (nSPS) is 17.2. The monoisotopic (exact) mass is 264 g/mol. The molecule has 0 amide bonds. The summed E-state index contributed by atoms with van der Waals surface area (Å²) < 4.78 is 0. The molecule has 0 spiro atoms. The van der Waals surface area contributed by atoms with Crippen molar-refractivity contribution < 1.29 is 4.79 Å². The van der Waals surface area contributed by atoms with Crippen LogP contribution in [0.1, 0.15) is 59.2 Å². The number of hydrogen-bond acceptors (Lipinski definition) is 1. The molecule has 1 atom stereocenters. The molecule has 2 aromatic rings. The van der Waals surface area contributed by atoms with E-state index >= 15 is 0 Å². The minimum absolute atomic E-state index is 0.0519. The molecule has 2 aromatic carbocycles. The highest BCUT2D eigenvalue weighted by Crippen LogP contribution is 2.35. The van der Waals surface area contributed by atoms with Gasteiger partial charge in [0.05, 0.1) is 0 Å². The number of ketones is 1. The topological polar surface area (TPSA) is 17.1 Å². The summed E-state index contributed by atoms with van der Waals surface area (Å²) >= 11 is 0. The standard InChI is InChI=1S/C19H20O/c1-13(2)14-7-9-16(10-8-14)19(20)18-12-11-15-5-3-4-6-17(15)18/h3-10,13,18H,11-12H2,1-2H3. The summed E-state index contributed by atoms with van der Waals surface area (Å²) in [5.74, 6) is 0.827. The maximum absolute atomic E-state index is 12.7. The fourth-order valence-electron chi connectivity index (χ4n) is 3.06. The van der Waals surface area contributed by atoms with Crippen molar-refractivity contribution in [1.29, 1.82) is 0 Å². The first-order valence-electron chi connectivity index (χ1n) is 7.39. The second-order valence-corrected chi connectivity index (χ2v) is 5.93. The largest absolute Gasteiger partial charge is 0.293 e. The molecule has 0 heterocycles.